The van der Waals surface area contributed by atoms with E-state index in [9.17, 15) is 19.5 Å². The number of benzene rings is 2. The Bertz CT molecular complexity index is 2090. The van der Waals surface area contributed by atoms with Crippen molar-refractivity contribution in [2.75, 3.05) is 13.2 Å². The molecule has 368 valence electrons. The molecular weight excluding hydrogens is 937 g/mol. The first-order chi connectivity index (χ1) is 32.4. The average molecular weight is 1010 g/mol. The second-order valence-electron chi connectivity index (χ2n) is 22.0. The van der Waals surface area contributed by atoms with Crippen LogP contribution >= 0.6 is 9.69 Å². The molecule has 6 fully saturated rings. The van der Waals surface area contributed by atoms with E-state index in [0.717, 1.165) is 54.0 Å². The average Bonchev–Trinajstić information content (AvgIpc) is 4.17. The number of fused-ring (bicyclic) bond motifs is 6. The molecule has 0 unspecified atom stereocenters. The van der Waals surface area contributed by atoms with Crippen LogP contribution in [0.15, 0.2) is 85.0 Å². The van der Waals surface area contributed by atoms with Gasteiger partial charge in [0.2, 0.25) is 11.8 Å². The first-order valence-corrected chi connectivity index (χ1v) is 28.4. The number of rotatable bonds is 9. The minimum absolute atomic E-state index is 0.0135. The zero-order valence-corrected chi connectivity index (χ0v) is 45.2. The monoisotopic (exact) mass is 1010 g/mol. The molecule has 2 aliphatic carbocycles. The molecule has 1 N–H and O–H groups in total. The third kappa shape index (κ3) is 9.71. The van der Waals surface area contributed by atoms with E-state index in [-0.39, 0.29) is 47.7 Å². The molecule has 10 rings (SSSR count). The summed E-state index contributed by atoms with van der Waals surface area (Å²) in [6.07, 6.45) is 16.9. The Hall–Kier alpha value is -2.97. The number of nitrogens with zero attached hydrogens (tertiary/aromatic N) is 2. The van der Waals surface area contributed by atoms with Crippen molar-refractivity contribution < 1.29 is 65.2 Å². The van der Waals surface area contributed by atoms with Crippen LogP contribution in [0.2, 0.25) is 0 Å². The molecule has 6 saturated heterocycles. The summed E-state index contributed by atoms with van der Waals surface area (Å²) in [7, 11) is 4.76. The summed E-state index contributed by atoms with van der Waals surface area (Å²) in [5.41, 5.74) is -2.35. The molecule has 0 radical (unpaired) electrons. The van der Waals surface area contributed by atoms with Crippen molar-refractivity contribution in [1.82, 2.24) is 9.80 Å². The van der Waals surface area contributed by atoms with Gasteiger partial charge in [0.1, 0.15) is 29.2 Å². The molecule has 8 aliphatic rings. The molecule has 2 aromatic rings. The number of ether oxygens (including phenoxy) is 6. The molecule has 0 aromatic heterocycles. The summed E-state index contributed by atoms with van der Waals surface area (Å²) in [6.45, 7) is 17.4. The number of hydrogen-bond acceptors (Lipinski definition) is 10. The molecule has 0 bridgehead atoms. The van der Waals surface area contributed by atoms with E-state index in [1.54, 1.807) is 4.90 Å². The summed E-state index contributed by atoms with van der Waals surface area (Å²) in [6, 6.07) is 19.8. The van der Waals surface area contributed by atoms with E-state index in [4.69, 9.17) is 38.1 Å². The molecule has 14 heteroatoms. The maximum absolute atomic E-state index is 13.9. The Kier molecular flexibility index (Phi) is 16.6. The van der Waals surface area contributed by atoms with Gasteiger partial charge in [-0.2, -0.15) is 0 Å². The van der Waals surface area contributed by atoms with Crippen LogP contribution in [0, 0.1) is 35.0 Å². The van der Waals surface area contributed by atoms with E-state index in [2.05, 4.69) is 51.5 Å². The Morgan fingerprint density at radius 3 is 1.76 bits per heavy atom. The van der Waals surface area contributed by atoms with Crippen molar-refractivity contribution in [3.63, 3.8) is 0 Å². The SMILES string of the molecule is C1=CCCC[CH-]1.CC(C)(C)[C@@H]1OC[C@]2(C=O)N1C(=O)[C@@H]1C[C@H](OCc3ccccc3)O[C@@]12C.CC(C)(C)[C@@H]1OC[C@]2([C@H](O)[C@H]3C=CCCC3)N1C(=O)[C@@H]1C[C@H](OCc3ccccc3)O[C@@]12C.[Cl][Zn+]. The molecule has 12 atom stereocenters. The van der Waals surface area contributed by atoms with Crippen LogP contribution in [0.4, 0.5) is 0 Å². The van der Waals surface area contributed by atoms with E-state index < -0.39 is 59.3 Å². The maximum atomic E-state index is 13.9. The van der Waals surface area contributed by atoms with E-state index >= 15 is 0 Å². The molecule has 12 nitrogen and oxygen atoms in total. The third-order valence-electron chi connectivity index (χ3n) is 15.4. The van der Waals surface area contributed by atoms with Crippen LogP contribution in [0.5, 0.6) is 0 Å². The molecule has 68 heavy (non-hydrogen) atoms. The normalized spacial score (nSPS) is 36.0. The van der Waals surface area contributed by atoms with Gasteiger partial charge in [0.25, 0.3) is 0 Å². The Morgan fingerprint density at radius 2 is 1.29 bits per heavy atom. The number of aliphatic hydroxyl groups is 1. The second-order valence-corrected chi connectivity index (χ2v) is 22.0. The number of allylic oxidation sites excluding steroid dienone is 3. The third-order valence-corrected chi connectivity index (χ3v) is 15.4. The first-order valence-electron chi connectivity index (χ1n) is 24.5. The van der Waals surface area contributed by atoms with Gasteiger partial charge < -0.3 is 43.2 Å². The van der Waals surface area contributed by atoms with Crippen LogP contribution in [-0.2, 0) is 73.3 Å². The minimum atomic E-state index is -1.10. The first kappa shape index (κ1) is 52.8. The summed E-state index contributed by atoms with van der Waals surface area (Å²) in [5, 5.41) is 11.9. The van der Waals surface area contributed by atoms with Crippen LogP contribution < -0.4 is 0 Å². The van der Waals surface area contributed by atoms with Gasteiger partial charge in [0.15, 0.2) is 24.4 Å². The summed E-state index contributed by atoms with van der Waals surface area (Å²) in [5.74, 6) is -0.862. The van der Waals surface area contributed by atoms with Gasteiger partial charge in [0, 0.05) is 29.6 Å². The predicted octanol–water partition coefficient (Wildman–Crippen LogP) is 9.15. The van der Waals surface area contributed by atoms with Gasteiger partial charge >= 0.3 is 27.0 Å². The van der Waals surface area contributed by atoms with E-state index in [1.807, 2.05) is 100 Å². The molecule has 0 saturated carbocycles. The fourth-order valence-electron chi connectivity index (χ4n) is 11.8. The zero-order chi connectivity index (χ0) is 49.1. The van der Waals surface area contributed by atoms with Crippen LogP contribution in [0.25, 0.3) is 0 Å². The van der Waals surface area contributed by atoms with Gasteiger partial charge in [-0.25, -0.2) is 18.6 Å². The van der Waals surface area contributed by atoms with E-state index in [1.165, 1.54) is 19.3 Å². The van der Waals surface area contributed by atoms with Crippen molar-refractivity contribution >= 4 is 27.8 Å². The van der Waals surface area contributed by atoms with Gasteiger partial charge in [-0.15, -0.1) is 12.8 Å². The number of halogens is 1. The summed E-state index contributed by atoms with van der Waals surface area (Å²) in [4.78, 5) is 43.0. The molecule has 6 heterocycles. The number of hydrogen-bond donors (Lipinski definition) is 1. The van der Waals surface area contributed by atoms with Gasteiger partial charge in [0.05, 0.1) is 44.4 Å². The topological polar surface area (TPSA) is 133 Å². The van der Waals surface area contributed by atoms with Crippen molar-refractivity contribution in [2.45, 2.75) is 173 Å². The zero-order valence-electron chi connectivity index (χ0n) is 41.4. The summed E-state index contributed by atoms with van der Waals surface area (Å²) >= 11 is 0.847. The Morgan fingerprint density at radius 1 is 0.779 bits per heavy atom. The van der Waals surface area contributed by atoms with Crippen LogP contribution in [-0.4, -0.2) is 99.6 Å². The summed E-state index contributed by atoms with van der Waals surface area (Å²) < 4.78 is 37.1. The molecular formula is C54H73ClN2O10Zn. The van der Waals surface area contributed by atoms with Crippen molar-refractivity contribution in [3.05, 3.63) is 103 Å². The molecule has 2 amide bonds. The Labute approximate surface area is 418 Å². The van der Waals surface area contributed by atoms with Gasteiger partial charge in [-0.05, 0) is 44.2 Å². The van der Waals surface area contributed by atoms with Gasteiger partial charge in [-0.3, -0.25) is 14.5 Å². The Balaban J connectivity index is 0.000000176. The predicted molar refractivity (Wildman–Crippen MR) is 254 cm³/mol. The fraction of sp³-hybridized carbons (Fsp3) is 0.630. The second kappa shape index (κ2) is 21.4. The van der Waals surface area contributed by atoms with Crippen LogP contribution in [0.3, 0.4) is 0 Å². The van der Waals surface area contributed by atoms with Crippen molar-refractivity contribution in [2.24, 2.45) is 28.6 Å². The molecule has 2 aromatic carbocycles. The number of amides is 2. The van der Waals surface area contributed by atoms with Crippen molar-refractivity contribution in [3.8, 4) is 0 Å². The van der Waals surface area contributed by atoms with E-state index in [0.29, 0.717) is 26.1 Å². The molecule has 0 spiro atoms. The number of carbonyl (C=O) groups is 3. The van der Waals surface area contributed by atoms with Crippen molar-refractivity contribution in [1.29, 1.82) is 0 Å². The van der Waals surface area contributed by atoms with Gasteiger partial charge in [-0.1, -0.05) is 121 Å². The molecule has 6 aliphatic heterocycles. The van der Waals surface area contributed by atoms with Crippen LogP contribution in [0.1, 0.15) is 118 Å². The number of carbonyl (C=O) groups excluding carboxylic acids is 3. The standard InChI is InChI=1S/C27H37NO5.C21H27NO5.C6H9.ClH.Zn/c1-25(2,3)24-28-23(30)20-15-21(31-16-18-11-7-5-8-12-18)33-26(20,4)27(28,17-32-24)22(29)19-13-9-6-10-14-19;1-19(2,3)18-22-17(24)15-10-16(25-11-14-8-6-5-7-9-14)27-20(15,4)21(22,12-23)13-26-18;1-2-4-6-5-3-1;;/h5,7-9,11-13,19-22,24,29H,6,10,14-17H2,1-4H3;5-9,12,15-16,18H,10-11,13H2,1-4H3;1-3H,4-6H2;1H;/q;;-1;;+2/p-1/t19-,20-,21+,22+,24-,26-,27+;15-,16+,18-,20-,21-;;;/m00.../s1. The quantitative estimate of drug-likeness (QED) is 0.112. The fourth-order valence-corrected chi connectivity index (χ4v) is 11.8. The number of aliphatic hydroxyl groups excluding tert-OH is 1. The number of aldehydes is 1.